The van der Waals surface area contributed by atoms with Crippen LogP contribution in [0, 0.1) is 6.92 Å². The van der Waals surface area contributed by atoms with Gasteiger partial charge in [0.05, 0.1) is 12.2 Å². The van der Waals surface area contributed by atoms with Crippen LogP contribution >= 0.6 is 15.9 Å². The number of carbonyl (C=O) groups is 1. The van der Waals surface area contributed by atoms with E-state index in [0.29, 0.717) is 12.2 Å². The summed E-state index contributed by atoms with van der Waals surface area (Å²) in [6.45, 7) is 4.25. The van der Waals surface area contributed by atoms with Crippen molar-refractivity contribution in [2.75, 3.05) is 6.61 Å². The Labute approximate surface area is 121 Å². The van der Waals surface area contributed by atoms with Crippen LogP contribution < -0.4 is 0 Å². The Kier molecular flexibility index (Phi) is 4.38. The Balaban J connectivity index is 2.43. The van der Waals surface area contributed by atoms with Gasteiger partial charge in [0.2, 0.25) is 0 Å². The molecule has 0 spiro atoms. The molecule has 2 aromatic rings. The highest BCUT2D eigenvalue weighted by molar-refractivity contribution is 9.10. The normalized spacial score (nSPS) is 10.3. The first-order valence-electron chi connectivity index (χ1n) is 6.16. The maximum Gasteiger partial charge on any atom is 0.338 e. The summed E-state index contributed by atoms with van der Waals surface area (Å²) in [6.07, 6.45) is 0. The predicted molar refractivity (Wildman–Crippen MR) is 80.3 cm³/mol. The van der Waals surface area contributed by atoms with Gasteiger partial charge in [-0.2, -0.15) is 0 Å². The molecule has 0 atom stereocenters. The fourth-order valence-electron chi connectivity index (χ4n) is 1.95. The average molecular weight is 319 g/mol. The van der Waals surface area contributed by atoms with Crippen LogP contribution in [0.15, 0.2) is 46.9 Å². The zero-order valence-corrected chi connectivity index (χ0v) is 12.5. The molecule has 0 unspecified atom stereocenters. The van der Waals surface area contributed by atoms with Gasteiger partial charge in [0.1, 0.15) is 0 Å². The summed E-state index contributed by atoms with van der Waals surface area (Å²) in [4.78, 5) is 11.7. The molecule has 0 saturated carbocycles. The van der Waals surface area contributed by atoms with Gasteiger partial charge in [-0.15, -0.1) is 0 Å². The summed E-state index contributed by atoms with van der Waals surface area (Å²) in [5.41, 5.74) is 3.87. The second-order valence-electron chi connectivity index (χ2n) is 4.21. The smallest absolute Gasteiger partial charge is 0.338 e. The fourth-order valence-corrected chi connectivity index (χ4v) is 2.31. The molecule has 0 aromatic heterocycles. The third kappa shape index (κ3) is 3.04. The van der Waals surface area contributed by atoms with Gasteiger partial charge in [0.15, 0.2) is 0 Å². The van der Waals surface area contributed by atoms with Crippen LogP contribution in [0.25, 0.3) is 11.1 Å². The van der Waals surface area contributed by atoms with Crippen molar-refractivity contribution in [3.8, 4) is 11.1 Å². The van der Waals surface area contributed by atoms with Crippen LogP contribution in [-0.2, 0) is 4.74 Å². The molecule has 3 heteroatoms. The standard InChI is InChI=1S/C16H15BrO2/c1-3-19-16(18)13-7-4-6-12(10-13)14-8-5-9-15(17)11(14)2/h4-10H,3H2,1-2H3. The van der Waals surface area contributed by atoms with E-state index in [1.165, 1.54) is 0 Å². The molecule has 0 N–H and O–H groups in total. The zero-order chi connectivity index (χ0) is 13.8. The van der Waals surface area contributed by atoms with Crippen molar-refractivity contribution in [1.82, 2.24) is 0 Å². The molecular weight excluding hydrogens is 304 g/mol. The summed E-state index contributed by atoms with van der Waals surface area (Å²) >= 11 is 3.52. The molecule has 0 bridgehead atoms. The van der Waals surface area contributed by atoms with E-state index in [4.69, 9.17) is 4.74 Å². The van der Waals surface area contributed by atoms with Gasteiger partial charge in [-0.05, 0) is 48.7 Å². The zero-order valence-electron chi connectivity index (χ0n) is 10.9. The van der Waals surface area contributed by atoms with Gasteiger partial charge in [-0.25, -0.2) is 4.79 Å². The number of esters is 1. The van der Waals surface area contributed by atoms with Crippen LogP contribution in [-0.4, -0.2) is 12.6 Å². The molecule has 0 radical (unpaired) electrons. The quantitative estimate of drug-likeness (QED) is 0.773. The van der Waals surface area contributed by atoms with Crippen LogP contribution in [0.5, 0.6) is 0 Å². The van der Waals surface area contributed by atoms with E-state index in [-0.39, 0.29) is 5.97 Å². The summed E-state index contributed by atoms with van der Waals surface area (Å²) in [5, 5.41) is 0. The second-order valence-corrected chi connectivity index (χ2v) is 5.07. The van der Waals surface area contributed by atoms with E-state index in [1.807, 2.05) is 36.4 Å². The maximum atomic E-state index is 11.7. The summed E-state index contributed by atoms with van der Waals surface area (Å²) in [5.74, 6) is -0.281. The minimum Gasteiger partial charge on any atom is -0.462 e. The monoisotopic (exact) mass is 318 g/mol. The summed E-state index contributed by atoms with van der Waals surface area (Å²) in [6, 6.07) is 13.6. The Morgan fingerprint density at radius 2 is 1.95 bits per heavy atom. The van der Waals surface area contributed by atoms with Gasteiger partial charge in [0, 0.05) is 4.47 Å². The molecular formula is C16H15BrO2. The molecule has 19 heavy (non-hydrogen) atoms. The lowest BCUT2D eigenvalue weighted by atomic mass is 9.99. The molecule has 2 nitrogen and oxygen atoms in total. The van der Waals surface area contributed by atoms with Crippen molar-refractivity contribution < 1.29 is 9.53 Å². The van der Waals surface area contributed by atoms with E-state index in [1.54, 1.807) is 13.0 Å². The third-order valence-corrected chi connectivity index (χ3v) is 3.81. The first-order chi connectivity index (χ1) is 9.13. The number of carbonyl (C=O) groups excluding carboxylic acids is 1. The highest BCUT2D eigenvalue weighted by atomic mass is 79.9. The highest BCUT2D eigenvalue weighted by Crippen LogP contribution is 2.29. The molecule has 0 amide bonds. The minimum absolute atomic E-state index is 0.281. The van der Waals surface area contributed by atoms with E-state index in [9.17, 15) is 4.79 Å². The van der Waals surface area contributed by atoms with Crippen LogP contribution in [0.3, 0.4) is 0 Å². The average Bonchev–Trinajstić information content (AvgIpc) is 2.42. The Bertz CT molecular complexity index is 605. The topological polar surface area (TPSA) is 26.3 Å². The number of hydrogen-bond donors (Lipinski definition) is 0. The lowest BCUT2D eigenvalue weighted by Gasteiger charge is -2.09. The largest absolute Gasteiger partial charge is 0.462 e. The number of halogens is 1. The number of hydrogen-bond acceptors (Lipinski definition) is 2. The van der Waals surface area contributed by atoms with Crippen LogP contribution in [0.4, 0.5) is 0 Å². The predicted octanol–water partition coefficient (Wildman–Crippen LogP) is 4.60. The van der Waals surface area contributed by atoms with Crippen molar-refractivity contribution >= 4 is 21.9 Å². The first-order valence-corrected chi connectivity index (χ1v) is 6.95. The molecule has 0 aliphatic heterocycles. The molecule has 98 valence electrons. The van der Waals surface area contributed by atoms with Crippen molar-refractivity contribution in [2.24, 2.45) is 0 Å². The molecule has 0 saturated heterocycles. The van der Waals surface area contributed by atoms with Crippen molar-refractivity contribution in [3.63, 3.8) is 0 Å². The summed E-state index contributed by atoms with van der Waals surface area (Å²) in [7, 11) is 0. The highest BCUT2D eigenvalue weighted by Gasteiger charge is 2.09. The van der Waals surface area contributed by atoms with E-state index >= 15 is 0 Å². The van der Waals surface area contributed by atoms with Gasteiger partial charge in [-0.3, -0.25) is 0 Å². The molecule has 0 heterocycles. The van der Waals surface area contributed by atoms with Gasteiger partial charge < -0.3 is 4.74 Å². The van der Waals surface area contributed by atoms with Crippen LogP contribution in [0.2, 0.25) is 0 Å². The SMILES string of the molecule is CCOC(=O)c1cccc(-c2cccc(Br)c2C)c1. The number of rotatable bonds is 3. The molecule has 0 aliphatic rings. The Hall–Kier alpha value is -1.61. The summed E-state index contributed by atoms with van der Waals surface area (Å²) < 4.78 is 6.09. The molecule has 0 aliphatic carbocycles. The second kappa shape index (κ2) is 6.02. The lowest BCUT2D eigenvalue weighted by molar-refractivity contribution is 0.0526. The van der Waals surface area contributed by atoms with Crippen LogP contribution in [0.1, 0.15) is 22.8 Å². The molecule has 2 aromatic carbocycles. The third-order valence-electron chi connectivity index (χ3n) is 2.95. The van der Waals surface area contributed by atoms with Crippen molar-refractivity contribution in [3.05, 3.63) is 58.1 Å². The number of benzene rings is 2. The van der Waals surface area contributed by atoms with Gasteiger partial charge in [0.25, 0.3) is 0 Å². The Morgan fingerprint density at radius 3 is 2.68 bits per heavy atom. The maximum absolute atomic E-state index is 11.7. The fraction of sp³-hybridized carbons (Fsp3) is 0.188. The molecule has 0 fully saturated rings. The van der Waals surface area contributed by atoms with E-state index < -0.39 is 0 Å². The molecule has 2 rings (SSSR count). The minimum atomic E-state index is -0.281. The lowest BCUT2D eigenvalue weighted by Crippen LogP contribution is -2.04. The van der Waals surface area contributed by atoms with Crippen molar-refractivity contribution in [1.29, 1.82) is 0 Å². The Morgan fingerprint density at radius 1 is 1.21 bits per heavy atom. The van der Waals surface area contributed by atoms with Crippen molar-refractivity contribution in [2.45, 2.75) is 13.8 Å². The number of ether oxygens (including phenoxy) is 1. The first kappa shape index (κ1) is 13.8. The van der Waals surface area contributed by atoms with Gasteiger partial charge >= 0.3 is 5.97 Å². The van der Waals surface area contributed by atoms with Gasteiger partial charge in [-0.1, -0.05) is 40.2 Å². The van der Waals surface area contributed by atoms with E-state index in [2.05, 4.69) is 22.9 Å². The van der Waals surface area contributed by atoms with E-state index in [0.717, 1.165) is 21.2 Å².